The summed E-state index contributed by atoms with van der Waals surface area (Å²) in [6.07, 6.45) is 0. The molecular weight excluding hydrogens is 434 g/mol. The minimum Gasteiger partial charge on any atom is -0.483 e. The van der Waals surface area contributed by atoms with Gasteiger partial charge in [-0.3, -0.25) is 10.1 Å². The van der Waals surface area contributed by atoms with Crippen molar-refractivity contribution < 1.29 is 17.9 Å². The molecule has 0 unspecified atom stereocenters. The molecule has 0 atom stereocenters. The lowest BCUT2D eigenvalue weighted by Crippen LogP contribution is -2.41. The predicted molar refractivity (Wildman–Crippen MR) is 124 cm³/mol. The molecule has 0 aliphatic heterocycles. The Hall–Kier alpha value is -2.49. The summed E-state index contributed by atoms with van der Waals surface area (Å²) in [5.74, 6) is 0.317. The van der Waals surface area contributed by atoms with Crippen LogP contribution < -0.4 is 10.1 Å². The highest BCUT2D eigenvalue weighted by Gasteiger charge is 2.29. The first kappa shape index (κ1) is 23.2. The number of thiazole rings is 1. The number of benzene rings is 2. The fourth-order valence-corrected chi connectivity index (χ4v) is 6.27. The number of hydrogen-bond donors (Lipinski definition) is 1. The molecular formula is C22H27N3O4S2. The lowest BCUT2D eigenvalue weighted by Gasteiger charge is -2.29. The summed E-state index contributed by atoms with van der Waals surface area (Å²) in [5.41, 5.74) is 1.57. The van der Waals surface area contributed by atoms with Crippen molar-refractivity contribution in [3.8, 4) is 5.75 Å². The molecule has 166 valence electrons. The van der Waals surface area contributed by atoms with E-state index < -0.39 is 10.0 Å². The number of rotatable bonds is 8. The topological polar surface area (TPSA) is 88.6 Å². The van der Waals surface area contributed by atoms with Crippen LogP contribution in [-0.2, 0) is 14.8 Å². The molecule has 0 saturated carbocycles. The number of ether oxygens (including phenoxy) is 1. The fraction of sp³-hybridized carbons (Fsp3) is 0.364. The van der Waals surface area contributed by atoms with E-state index in [1.165, 1.54) is 15.6 Å². The van der Waals surface area contributed by atoms with Crippen LogP contribution in [0.5, 0.6) is 5.75 Å². The quantitative estimate of drug-likeness (QED) is 0.536. The highest BCUT2D eigenvalue weighted by atomic mass is 32.2. The summed E-state index contributed by atoms with van der Waals surface area (Å²) in [6.45, 7) is 9.19. The molecule has 9 heteroatoms. The molecule has 2 aromatic carbocycles. The minimum atomic E-state index is -3.64. The van der Waals surface area contributed by atoms with E-state index in [2.05, 4.69) is 10.3 Å². The smallest absolute Gasteiger partial charge is 0.264 e. The van der Waals surface area contributed by atoms with E-state index in [9.17, 15) is 13.2 Å². The first-order chi connectivity index (χ1) is 14.6. The van der Waals surface area contributed by atoms with Gasteiger partial charge in [-0.1, -0.05) is 29.5 Å². The van der Waals surface area contributed by atoms with Crippen LogP contribution in [0.25, 0.3) is 10.2 Å². The Bertz CT molecular complexity index is 1180. The summed E-state index contributed by atoms with van der Waals surface area (Å²) in [5, 5.41) is 3.12. The van der Waals surface area contributed by atoms with Gasteiger partial charge in [-0.05, 0) is 64.4 Å². The Morgan fingerprint density at radius 1 is 1.13 bits per heavy atom. The molecule has 1 amide bonds. The van der Waals surface area contributed by atoms with Crippen molar-refractivity contribution in [3.05, 3.63) is 48.0 Å². The zero-order valence-electron chi connectivity index (χ0n) is 18.2. The molecule has 0 bridgehead atoms. The van der Waals surface area contributed by atoms with Crippen molar-refractivity contribution in [2.45, 2.75) is 51.6 Å². The average Bonchev–Trinajstić information content (AvgIpc) is 3.07. The van der Waals surface area contributed by atoms with Gasteiger partial charge in [-0.25, -0.2) is 13.4 Å². The lowest BCUT2D eigenvalue weighted by molar-refractivity contribution is -0.118. The van der Waals surface area contributed by atoms with E-state index in [0.29, 0.717) is 21.1 Å². The van der Waals surface area contributed by atoms with E-state index in [4.69, 9.17) is 4.74 Å². The summed E-state index contributed by atoms with van der Waals surface area (Å²) >= 11 is 1.23. The van der Waals surface area contributed by atoms with Gasteiger partial charge < -0.3 is 4.74 Å². The van der Waals surface area contributed by atoms with E-state index in [1.807, 2.05) is 52.8 Å². The third-order valence-electron chi connectivity index (χ3n) is 4.65. The number of carbonyl (C=O) groups excluding carboxylic acids is 1. The molecule has 0 fully saturated rings. The maximum Gasteiger partial charge on any atom is 0.264 e. The molecule has 0 aliphatic carbocycles. The van der Waals surface area contributed by atoms with Gasteiger partial charge in [-0.2, -0.15) is 4.31 Å². The number of para-hydroxylation sites is 1. The van der Waals surface area contributed by atoms with E-state index in [0.717, 1.165) is 5.56 Å². The van der Waals surface area contributed by atoms with Gasteiger partial charge in [0.25, 0.3) is 5.91 Å². The average molecular weight is 462 g/mol. The van der Waals surface area contributed by atoms with Gasteiger partial charge in [0.05, 0.1) is 15.1 Å². The highest BCUT2D eigenvalue weighted by Crippen LogP contribution is 2.30. The maximum absolute atomic E-state index is 13.1. The number of anilines is 1. The number of nitrogens with zero attached hydrogens (tertiary/aromatic N) is 2. The number of fused-ring (bicyclic) bond motifs is 1. The molecule has 31 heavy (non-hydrogen) atoms. The largest absolute Gasteiger partial charge is 0.483 e. The van der Waals surface area contributed by atoms with E-state index in [-0.39, 0.29) is 29.5 Å². The molecule has 3 rings (SSSR count). The van der Waals surface area contributed by atoms with Crippen molar-refractivity contribution in [3.63, 3.8) is 0 Å². The number of nitrogens with one attached hydrogen (secondary N) is 1. The second-order valence-corrected chi connectivity index (χ2v) is 10.6. The second-order valence-electron chi connectivity index (χ2n) is 7.77. The van der Waals surface area contributed by atoms with E-state index in [1.54, 1.807) is 24.3 Å². The Balaban J connectivity index is 1.76. The van der Waals surface area contributed by atoms with Crippen molar-refractivity contribution in [1.82, 2.24) is 9.29 Å². The normalized spacial score (nSPS) is 12.1. The van der Waals surface area contributed by atoms with Crippen LogP contribution >= 0.6 is 11.3 Å². The van der Waals surface area contributed by atoms with Crippen LogP contribution in [-0.4, -0.2) is 42.3 Å². The third-order valence-corrected chi connectivity index (χ3v) is 7.83. The molecule has 1 aromatic heterocycles. The summed E-state index contributed by atoms with van der Waals surface area (Å²) in [4.78, 5) is 16.9. The van der Waals surface area contributed by atoms with Crippen molar-refractivity contribution >= 4 is 42.6 Å². The second kappa shape index (κ2) is 9.33. The van der Waals surface area contributed by atoms with Gasteiger partial charge in [0.1, 0.15) is 5.75 Å². The fourth-order valence-electron chi connectivity index (χ4n) is 3.41. The number of aromatic nitrogens is 1. The third kappa shape index (κ3) is 5.23. The summed E-state index contributed by atoms with van der Waals surface area (Å²) in [7, 11) is -3.64. The molecule has 0 aliphatic rings. The minimum absolute atomic E-state index is 0.141. The molecule has 0 saturated heterocycles. The van der Waals surface area contributed by atoms with Gasteiger partial charge >= 0.3 is 0 Å². The molecule has 0 radical (unpaired) electrons. The molecule has 7 nitrogen and oxygen atoms in total. The summed E-state index contributed by atoms with van der Waals surface area (Å²) in [6, 6.07) is 12.0. The predicted octanol–water partition coefficient (Wildman–Crippen LogP) is 4.43. The molecule has 1 heterocycles. The first-order valence-corrected chi connectivity index (χ1v) is 12.3. The van der Waals surface area contributed by atoms with Crippen LogP contribution in [0.3, 0.4) is 0 Å². The molecule has 0 spiro atoms. The van der Waals surface area contributed by atoms with Crippen molar-refractivity contribution in [2.24, 2.45) is 0 Å². The van der Waals surface area contributed by atoms with Crippen LogP contribution in [0.1, 0.15) is 33.3 Å². The number of hydrogen-bond acceptors (Lipinski definition) is 6. The van der Waals surface area contributed by atoms with Crippen LogP contribution in [0, 0.1) is 6.92 Å². The SMILES string of the molecule is Cc1ccccc1OCC(=O)Nc1nc2ccc(S(=O)(=O)N(C(C)C)C(C)C)cc2s1. The van der Waals surface area contributed by atoms with Gasteiger partial charge in [-0.15, -0.1) is 0 Å². The zero-order chi connectivity index (χ0) is 22.8. The number of aryl methyl sites for hydroxylation is 1. The van der Waals surface area contributed by atoms with E-state index >= 15 is 0 Å². The Morgan fingerprint density at radius 3 is 2.45 bits per heavy atom. The lowest BCUT2D eigenvalue weighted by atomic mass is 10.2. The maximum atomic E-state index is 13.1. The van der Waals surface area contributed by atoms with Crippen LogP contribution in [0.2, 0.25) is 0 Å². The van der Waals surface area contributed by atoms with Gasteiger partial charge in [0.15, 0.2) is 11.7 Å². The van der Waals surface area contributed by atoms with Crippen molar-refractivity contribution in [2.75, 3.05) is 11.9 Å². The monoisotopic (exact) mass is 461 g/mol. The standard InChI is InChI=1S/C22H27N3O4S2/c1-14(2)25(15(3)4)31(27,28)17-10-11-18-20(12-17)30-22(23-18)24-21(26)13-29-19-9-7-6-8-16(19)5/h6-12,14-15H,13H2,1-5H3,(H,23,24,26). The zero-order valence-corrected chi connectivity index (χ0v) is 19.9. The Kier molecular flexibility index (Phi) is 6.98. The Labute approximate surface area is 187 Å². The van der Waals surface area contributed by atoms with Gasteiger partial charge in [0, 0.05) is 12.1 Å². The number of amides is 1. The molecule has 3 aromatic rings. The van der Waals surface area contributed by atoms with Crippen molar-refractivity contribution in [1.29, 1.82) is 0 Å². The van der Waals surface area contributed by atoms with Crippen LogP contribution in [0.15, 0.2) is 47.4 Å². The number of carbonyl (C=O) groups is 1. The number of sulfonamides is 1. The first-order valence-electron chi connectivity index (χ1n) is 10.0. The summed E-state index contributed by atoms with van der Waals surface area (Å²) < 4.78 is 34.0. The highest BCUT2D eigenvalue weighted by molar-refractivity contribution is 7.89. The Morgan fingerprint density at radius 2 is 1.81 bits per heavy atom. The molecule has 1 N–H and O–H groups in total. The van der Waals surface area contributed by atoms with Crippen LogP contribution in [0.4, 0.5) is 5.13 Å². The van der Waals surface area contributed by atoms with Gasteiger partial charge in [0.2, 0.25) is 10.0 Å².